The lowest BCUT2D eigenvalue weighted by atomic mass is 10.1. The maximum absolute atomic E-state index is 12.9. The smallest absolute Gasteiger partial charge is 0.360 e. The van der Waals surface area contributed by atoms with Gasteiger partial charge >= 0.3 is 6.18 Å². The highest BCUT2D eigenvalue weighted by Crippen LogP contribution is 2.34. The summed E-state index contributed by atoms with van der Waals surface area (Å²) < 4.78 is 38.6. The molecule has 0 bridgehead atoms. The minimum Gasteiger partial charge on any atom is -0.360 e. The maximum atomic E-state index is 12.9. The Labute approximate surface area is 114 Å². The molecule has 1 aromatic carbocycles. The van der Waals surface area contributed by atoms with Crippen molar-refractivity contribution >= 4 is 11.6 Å². The first-order valence-electron chi connectivity index (χ1n) is 5.93. The molecule has 0 saturated carbocycles. The molecule has 1 saturated heterocycles. The highest BCUT2D eigenvalue weighted by molar-refractivity contribution is 5.82. The van der Waals surface area contributed by atoms with Gasteiger partial charge in [-0.15, -0.1) is 0 Å². The number of rotatable bonds is 1. The van der Waals surface area contributed by atoms with Gasteiger partial charge in [0.1, 0.15) is 0 Å². The van der Waals surface area contributed by atoms with Gasteiger partial charge in [0.15, 0.2) is 0 Å². The van der Waals surface area contributed by atoms with E-state index in [1.54, 1.807) is 11.9 Å². The first kappa shape index (κ1) is 14.2. The first-order chi connectivity index (χ1) is 9.32. The summed E-state index contributed by atoms with van der Waals surface area (Å²) in [5.41, 5.74) is -1.08. The SMILES string of the molecule is CN1CCN(c2ccc(C#N)c(C(F)(F)F)c2)CC1=O. The van der Waals surface area contributed by atoms with E-state index in [0.29, 0.717) is 18.8 Å². The molecule has 1 fully saturated rings. The molecule has 0 aromatic heterocycles. The first-order valence-corrected chi connectivity index (χ1v) is 5.93. The normalized spacial score (nSPS) is 16.2. The Bertz CT molecular complexity index is 577. The third kappa shape index (κ3) is 2.69. The number of likely N-dealkylation sites (N-methyl/N-ethyl adjacent to an activating group) is 1. The molecular weight excluding hydrogens is 271 g/mol. The number of hydrogen-bond acceptors (Lipinski definition) is 3. The Morgan fingerprint density at radius 2 is 2.00 bits per heavy atom. The van der Waals surface area contributed by atoms with Crippen LogP contribution in [0.5, 0.6) is 0 Å². The summed E-state index contributed by atoms with van der Waals surface area (Å²) >= 11 is 0. The van der Waals surface area contributed by atoms with Crippen molar-refractivity contribution in [3.05, 3.63) is 29.3 Å². The van der Waals surface area contributed by atoms with Crippen LogP contribution in [0.2, 0.25) is 0 Å². The van der Waals surface area contributed by atoms with Gasteiger partial charge in [-0.05, 0) is 18.2 Å². The van der Waals surface area contributed by atoms with Gasteiger partial charge in [-0.25, -0.2) is 0 Å². The molecule has 0 atom stereocenters. The lowest BCUT2D eigenvalue weighted by Crippen LogP contribution is -2.48. The zero-order valence-corrected chi connectivity index (χ0v) is 10.7. The Morgan fingerprint density at radius 3 is 2.55 bits per heavy atom. The van der Waals surface area contributed by atoms with Crippen molar-refractivity contribution in [3.63, 3.8) is 0 Å². The monoisotopic (exact) mass is 283 g/mol. The van der Waals surface area contributed by atoms with Gasteiger partial charge in [0, 0.05) is 25.8 Å². The number of hydrogen-bond donors (Lipinski definition) is 0. The summed E-state index contributed by atoms with van der Waals surface area (Å²) in [6, 6.07) is 5.04. The van der Waals surface area contributed by atoms with Gasteiger partial charge < -0.3 is 9.80 Å². The van der Waals surface area contributed by atoms with Gasteiger partial charge in [-0.2, -0.15) is 18.4 Å². The number of piperazine rings is 1. The number of alkyl halides is 3. The molecule has 0 radical (unpaired) electrons. The third-order valence-electron chi connectivity index (χ3n) is 3.25. The molecule has 106 valence electrons. The van der Waals surface area contributed by atoms with E-state index in [2.05, 4.69) is 0 Å². The molecule has 1 aliphatic heterocycles. The Balaban J connectivity index is 2.35. The molecule has 1 aromatic rings. The highest BCUT2D eigenvalue weighted by Gasteiger charge is 2.34. The van der Waals surface area contributed by atoms with E-state index in [0.717, 1.165) is 12.1 Å². The summed E-state index contributed by atoms with van der Waals surface area (Å²) in [5.74, 6) is -0.144. The van der Waals surface area contributed by atoms with Gasteiger partial charge in [0.25, 0.3) is 0 Å². The number of carbonyl (C=O) groups is 1. The lowest BCUT2D eigenvalue weighted by Gasteiger charge is -2.33. The fourth-order valence-corrected chi connectivity index (χ4v) is 2.04. The van der Waals surface area contributed by atoms with Gasteiger partial charge in [-0.1, -0.05) is 0 Å². The van der Waals surface area contributed by atoms with E-state index in [1.807, 2.05) is 0 Å². The van der Waals surface area contributed by atoms with Crippen LogP contribution in [0.25, 0.3) is 0 Å². The van der Waals surface area contributed by atoms with E-state index in [4.69, 9.17) is 5.26 Å². The van der Waals surface area contributed by atoms with Gasteiger partial charge in [0.05, 0.1) is 23.7 Å². The number of nitriles is 1. The molecule has 1 aliphatic rings. The van der Waals surface area contributed by atoms with Crippen molar-refractivity contribution in [3.8, 4) is 6.07 Å². The van der Waals surface area contributed by atoms with Crippen LogP contribution in [0.4, 0.5) is 18.9 Å². The Hall–Kier alpha value is -2.23. The van der Waals surface area contributed by atoms with E-state index in [-0.39, 0.29) is 12.5 Å². The number of nitrogens with zero attached hydrogens (tertiary/aromatic N) is 3. The zero-order chi connectivity index (χ0) is 14.9. The van der Waals surface area contributed by atoms with Crippen LogP contribution in [-0.2, 0) is 11.0 Å². The van der Waals surface area contributed by atoms with Crippen molar-refractivity contribution in [2.75, 3.05) is 31.6 Å². The van der Waals surface area contributed by atoms with E-state index >= 15 is 0 Å². The Kier molecular flexibility index (Phi) is 3.57. The Morgan fingerprint density at radius 1 is 1.30 bits per heavy atom. The predicted molar refractivity (Wildman–Crippen MR) is 66.0 cm³/mol. The number of carbonyl (C=O) groups excluding carboxylic acids is 1. The number of benzene rings is 1. The molecule has 0 spiro atoms. The second kappa shape index (κ2) is 5.04. The highest BCUT2D eigenvalue weighted by atomic mass is 19.4. The summed E-state index contributed by atoms with van der Waals surface area (Å²) in [7, 11) is 1.65. The lowest BCUT2D eigenvalue weighted by molar-refractivity contribution is -0.137. The molecular formula is C13H12F3N3O. The molecule has 2 rings (SSSR count). The summed E-state index contributed by atoms with van der Waals surface area (Å²) in [6.45, 7) is 0.964. The van der Waals surface area contributed by atoms with Crippen LogP contribution in [0.3, 0.4) is 0 Å². The average molecular weight is 283 g/mol. The molecule has 1 heterocycles. The van der Waals surface area contributed by atoms with Gasteiger partial charge in [-0.3, -0.25) is 4.79 Å². The topological polar surface area (TPSA) is 47.3 Å². The zero-order valence-electron chi connectivity index (χ0n) is 10.7. The van der Waals surface area contributed by atoms with Crippen LogP contribution < -0.4 is 4.90 Å². The molecule has 20 heavy (non-hydrogen) atoms. The fourth-order valence-electron chi connectivity index (χ4n) is 2.04. The number of anilines is 1. The second-order valence-corrected chi connectivity index (χ2v) is 4.58. The molecule has 4 nitrogen and oxygen atoms in total. The maximum Gasteiger partial charge on any atom is 0.417 e. The van der Waals surface area contributed by atoms with Crippen LogP contribution in [0.1, 0.15) is 11.1 Å². The summed E-state index contributed by atoms with van der Waals surface area (Å²) in [6.07, 6.45) is -4.59. The van der Waals surface area contributed by atoms with Crippen LogP contribution in [-0.4, -0.2) is 37.5 Å². The number of amides is 1. The minimum absolute atomic E-state index is 0.0414. The molecule has 7 heteroatoms. The molecule has 0 unspecified atom stereocenters. The van der Waals surface area contributed by atoms with Crippen molar-refractivity contribution in [2.45, 2.75) is 6.18 Å². The summed E-state index contributed by atoms with van der Waals surface area (Å²) in [4.78, 5) is 14.7. The number of halogens is 3. The average Bonchev–Trinajstić information content (AvgIpc) is 2.40. The standard InChI is InChI=1S/C13H12F3N3O/c1-18-4-5-19(8-12(18)20)10-3-2-9(7-17)11(6-10)13(14,15)16/h2-3,6H,4-5,8H2,1H3. The van der Waals surface area contributed by atoms with Crippen molar-refractivity contribution in [1.82, 2.24) is 4.90 Å². The van der Waals surface area contributed by atoms with Crippen LogP contribution in [0.15, 0.2) is 18.2 Å². The summed E-state index contributed by atoms with van der Waals surface area (Å²) in [5, 5.41) is 8.74. The van der Waals surface area contributed by atoms with E-state index in [1.165, 1.54) is 17.0 Å². The van der Waals surface area contributed by atoms with Crippen LogP contribution in [0, 0.1) is 11.3 Å². The molecule has 1 amide bonds. The third-order valence-corrected chi connectivity index (χ3v) is 3.25. The van der Waals surface area contributed by atoms with Crippen molar-refractivity contribution < 1.29 is 18.0 Å². The van der Waals surface area contributed by atoms with E-state index in [9.17, 15) is 18.0 Å². The van der Waals surface area contributed by atoms with Gasteiger partial charge in [0.2, 0.25) is 5.91 Å². The second-order valence-electron chi connectivity index (χ2n) is 4.58. The van der Waals surface area contributed by atoms with Crippen molar-refractivity contribution in [1.29, 1.82) is 5.26 Å². The van der Waals surface area contributed by atoms with E-state index < -0.39 is 17.3 Å². The minimum atomic E-state index is -4.59. The van der Waals surface area contributed by atoms with Crippen LogP contribution >= 0.6 is 0 Å². The largest absolute Gasteiger partial charge is 0.417 e. The van der Waals surface area contributed by atoms with Crippen molar-refractivity contribution in [2.24, 2.45) is 0 Å². The fraction of sp³-hybridized carbons (Fsp3) is 0.385. The quantitative estimate of drug-likeness (QED) is 0.790. The predicted octanol–water partition coefficient (Wildman–Crippen LogP) is 1.86. The molecule has 0 aliphatic carbocycles. The molecule has 0 N–H and O–H groups in total.